The molecule has 1 amide bonds. The maximum Gasteiger partial charge on any atom is 0.225 e. The third-order valence-electron chi connectivity index (χ3n) is 5.29. The molecule has 0 saturated carbocycles. The second-order valence-corrected chi connectivity index (χ2v) is 7.18. The second-order valence-electron chi connectivity index (χ2n) is 7.18. The van der Waals surface area contributed by atoms with E-state index in [-0.39, 0.29) is 35.8 Å². The number of carbonyl (C=O) groups is 1. The van der Waals surface area contributed by atoms with Crippen molar-refractivity contribution >= 4 is 41.5 Å². The Hall–Kier alpha value is -1.35. The zero-order valence-electron chi connectivity index (χ0n) is 16.3. The summed E-state index contributed by atoms with van der Waals surface area (Å²) in [5.74, 6) is 1.76. The van der Waals surface area contributed by atoms with Gasteiger partial charge in [0.15, 0.2) is 5.96 Å². The number of para-hydroxylation sites is 1. The number of carbonyl (C=O) groups excluding carboxylic acids is 1. The highest BCUT2D eigenvalue weighted by Crippen LogP contribution is 2.31. The van der Waals surface area contributed by atoms with Crippen molar-refractivity contribution in [2.45, 2.75) is 32.6 Å². The molecule has 1 aromatic carbocycles. The smallest absolute Gasteiger partial charge is 0.225 e. The summed E-state index contributed by atoms with van der Waals surface area (Å²) in [5, 5.41) is 9.73. The van der Waals surface area contributed by atoms with E-state index in [2.05, 4.69) is 40.8 Å². The molecule has 1 aromatic rings. The number of benzene rings is 1. The van der Waals surface area contributed by atoms with Crippen LogP contribution in [0.4, 0.5) is 5.69 Å². The maximum absolute atomic E-state index is 12.0. The molecule has 2 heterocycles. The van der Waals surface area contributed by atoms with Crippen LogP contribution in [0.15, 0.2) is 29.3 Å². The monoisotopic (exact) mass is 485 g/mol. The summed E-state index contributed by atoms with van der Waals surface area (Å²) in [7, 11) is 0. The van der Waals surface area contributed by atoms with Crippen molar-refractivity contribution in [3.63, 3.8) is 0 Å². The number of aliphatic imine (C=N–C) groups is 1. The molecule has 6 nitrogen and oxygen atoms in total. The number of anilines is 1. The van der Waals surface area contributed by atoms with Crippen molar-refractivity contribution < 1.29 is 4.79 Å². The van der Waals surface area contributed by atoms with Crippen LogP contribution in [-0.2, 0) is 4.79 Å². The molecule has 1 fully saturated rings. The SMILES string of the molecule is CCNC(=NCC1CCN(CC)C1)NCC1CC(=O)Nc2ccccc21.I. The van der Waals surface area contributed by atoms with E-state index in [4.69, 9.17) is 4.99 Å². The molecule has 3 N–H and O–H groups in total. The topological polar surface area (TPSA) is 68.8 Å². The van der Waals surface area contributed by atoms with Gasteiger partial charge >= 0.3 is 0 Å². The van der Waals surface area contributed by atoms with Crippen molar-refractivity contribution in [3.05, 3.63) is 29.8 Å². The highest BCUT2D eigenvalue weighted by atomic mass is 127. The number of guanidine groups is 1. The van der Waals surface area contributed by atoms with Crippen molar-refractivity contribution in [2.24, 2.45) is 10.9 Å². The fourth-order valence-corrected chi connectivity index (χ4v) is 3.82. The van der Waals surface area contributed by atoms with Gasteiger partial charge in [0.1, 0.15) is 0 Å². The molecule has 27 heavy (non-hydrogen) atoms. The number of nitrogens with zero attached hydrogens (tertiary/aromatic N) is 2. The number of nitrogens with one attached hydrogen (secondary N) is 3. The summed E-state index contributed by atoms with van der Waals surface area (Å²) in [6.45, 7) is 10.2. The molecule has 0 aliphatic carbocycles. The first kappa shape index (κ1) is 21.9. The fraction of sp³-hybridized carbons (Fsp3) is 0.600. The van der Waals surface area contributed by atoms with Crippen LogP contribution >= 0.6 is 24.0 Å². The van der Waals surface area contributed by atoms with Crippen LogP contribution in [0.3, 0.4) is 0 Å². The van der Waals surface area contributed by atoms with Gasteiger partial charge in [-0.1, -0.05) is 25.1 Å². The van der Waals surface area contributed by atoms with E-state index < -0.39 is 0 Å². The lowest BCUT2D eigenvalue weighted by molar-refractivity contribution is -0.116. The van der Waals surface area contributed by atoms with Crippen LogP contribution in [0.1, 0.15) is 38.2 Å². The van der Waals surface area contributed by atoms with Crippen LogP contribution in [0.2, 0.25) is 0 Å². The Bertz CT molecular complexity index is 651. The molecule has 0 radical (unpaired) electrons. The lowest BCUT2D eigenvalue weighted by Gasteiger charge is -2.26. The largest absolute Gasteiger partial charge is 0.357 e. The second kappa shape index (κ2) is 10.8. The molecule has 2 aliphatic heterocycles. The first-order chi connectivity index (χ1) is 12.7. The van der Waals surface area contributed by atoms with Gasteiger partial charge in [0.25, 0.3) is 0 Å². The van der Waals surface area contributed by atoms with Gasteiger partial charge < -0.3 is 20.9 Å². The Kier molecular flexibility index (Phi) is 8.82. The van der Waals surface area contributed by atoms with Crippen molar-refractivity contribution in [1.82, 2.24) is 15.5 Å². The van der Waals surface area contributed by atoms with E-state index >= 15 is 0 Å². The number of amides is 1. The Morgan fingerprint density at radius 3 is 2.85 bits per heavy atom. The van der Waals surface area contributed by atoms with Gasteiger partial charge in [-0.15, -0.1) is 24.0 Å². The summed E-state index contributed by atoms with van der Waals surface area (Å²) in [6, 6.07) is 8.06. The molecule has 0 spiro atoms. The molecule has 1 saturated heterocycles. The molecule has 3 rings (SSSR count). The zero-order valence-corrected chi connectivity index (χ0v) is 18.7. The summed E-state index contributed by atoms with van der Waals surface area (Å²) >= 11 is 0. The molecule has 2 unspecified atom stereocenters. The minimum atomic E-state index is 0. The van der Waals surface area contributed by atoms with E-state index in [0.29, 0.717) is 18.9 Å². The van der Waals surface area contributed by atoms with Crippen LogP contribution in [0.25, 0.3) is 0 Å². The summed E-state index contributed by atoms with van der Waals surface area (Å²) in [5.41, 5.74) is 2.13. The van der Waals surface area contributed by atoms with E-state index in [0.717, 1.165) is 37.8 Å². The Labute approximate surface area is 179 Å². The van der Waals surface area contributed by atoms with Gasteiger partial charge in [-0.2, -0.15) is 0 Å². The van der Waals surface area contributed by atoms with E-state index in [1.807, 2.05) is 18.2 Å². The molecule has 2 aliphatic rings. The fourth-order valence-electron chi connectivity index (χ4n) is 3.82. The number of hydrogen-bond acceptors (Lipinski definition) is 3. The van der Waals surface area contributed by atoms with Crippen LogP contribution in [0, 0.1) is 5.92 Å². The predicted octanol–water partition coefficient (Wildman–Crippen LogP) is 2.63. The lowest BCUT2D eigenvalue weighted by Crippen LogP contribution is -2.41. The highest BCUT2D eigenvalue weighted by molar-refractivity contribution is 14.0. The zero-order chi connectivity index (χ0) is 18.4. The number of rotatable bonds is 6. The molecule has 0 aromatic heterocycles. The average molecular weight is 485 g/mol. The van der Waals surface area contributed by atoms with Crippen LogP contribution in [0.5, 0.6) is 0 Å². The standard InChI is InChI=1S/C20H31N5O.HI/c1-3-21-20(22-12-15-9-10-25(4-2)14-15)23-13-16-11-19(26)24-18-8-6-5-7-17(16)18;/h5-8,15-16H,3-4,9-14H2,1-2H3,(H,24,26)(H2,21,22,23);1H. The van der Waals surface area contributed by atoms with Gasteiger partial charge in [-0.3, -0.25) is 9.79 Å². The molecular weight excluding hydrogens is 453 g/mol. The molecule has 0 bridgehead atoms. The lowest BCUT2D eigenvalue weighted by atomic mass is 9.90. The Morgan fingerprint density at radius 2 is 2.11 bits per heavy atom. The van der Waals surface area contributed by atoms with Gasteiger partial charge in [-0.05, 0) is 44.0 Å². The van der Waals surface area contributed by atoms with Crippen LogP contribution in [-0.4, -0.2) is 56.0 Å². The van der Waals surface area contributed by atoms with Crippen molar-refractivity contribution in [3.8, 4) is 0 Å². The Balaban J connectivity index is 0.00000261. The van der Waals surface area contributed by atoms with E-state index in [9.17, 15) is 4.79 Å². The number of hydrogen-bond donors (Lipinski definition) is 3. The summed E-state index contributed by atoms with van der Waals surface area (Å²) in [6.07, 6.45) is 1.74. The normalized spacial score (nSPS) is 22.6. The third kappa shape index (κ3) is 6.07. The van der Waals surface area contributed by atoms with E-state index in [1.165, 1.54) is 18.5 Å². The van der Waals surface area contributed by atoms with Crippen molar-refractivity contribution in [2.75, 3.05) is 44.6 Å². The molecule has 150 valence electrons. The average Bonchev–Trinajstić information content (AvgIpc) is 3.11. The van der Waals surface area contributed by atoms with Crippen molar-refractivity contribution in [1.29, 1.82) is 0 Å². The maximum atomic E-state index is 12.0. The highest BCUT2D eigenvalue weighted by Gasteiger charge is 2.25. The summed E-state index contributed by atoms with van der Waals surface area (Å²) < 4.78 is 0. The minimum absolute atomic E-state index is 0. The molecule has 2 atom stereocenters. The predicted molar refractivity (Wildman–Crippen MR) is 122 cm³/mol. The Morgan fingerprint density at radius 1 is 1.30 bits per heavy atom. The quantitative estimate of drug-likeness (QED) is 0.329. The number of fused-ring (bicyclic) bond motifs is 1. The molecule has 7 heteroatoms. The van der Waals surface area contributed by atoms with Crippen LogP contribution < -0.4 is 16.0 Å². The van der Waals surface area contributed by atoms with Gasteiger partial charge in [0.2, 0.25) is 5.91 Å². The third-order valence-corrected chi connectivity index (χ3v) is 5.29. The van der Waals surface area contributed by atoms with E-state index in [1.54, 1.807) is 0 Å². The summed E-state index contributed by atoms with van der Waals surface area (Å²) in [4.78, 5) is 19.3. The van der Waals surface area contributed by atoms with Gasteiger partial charge in [0.05, 0.1) is 0 Å². The van der Waals surface area contributed by atoms with Gasteiger partial charge in [-0.25, -0.2) is 0 Å². The number of likely N-dealkylation sites (tertiary alicyclic amines) is 1. The van der Waals surface area contributed by atoms with Gasteiger partial charge in [0, 0.05) is 44.2 Å². The molecular formula is C20H32IN5O. The minimum Gasteiger partial charge on any atom is -0.357 e. The first-order valence-electron chi connectivity index (χ1n) is 9.82. The number of halogens is 1. The first-order valence-corrected chi connectivity index (χ1v) is 9.82.